The molecule has 0 aromatic heterocycles. The first-order valence-electron chi connectivity index (χ1n) is 7.06. The fourth-order valence-corrected chi connectivity index (χ4v) is 3.12. The van der Waals surface area contributed by atoms with Gasteiger partial charge in [-0.05, 0) is 42.9 Å². The molecule has 0 heterocycles. The van der Waals surface area contributed by atoms with Crippen LogP contribution in [-0.2, 0) is 0 Å². The van der Waals surface area contributed by atoms with Crippen molar-refractivity contribution in [2.45, 2.75) is 45.6 Å². The monoisotopic (exact) mass is 276 g/mol. The molecule has 0 amide bonds. The van der Waals surface area contributed by atoms with E-state index in [0.29, 0.717) is 16.6 Å². The topological polar surface area (TPSA) is 35.8 Å². The van der Waals surface area contributed by atoms with Crippen molar-refractivity contribution in [3.05, 3.63) is 28.8 Å². The highest BCUT2D eigenvalue weighted by Crippen LogP contribution is 2.32. The fraction of sp³-hybridized carbons (Fsp3) is 0.562. The summed E-state index contributed by atoms with van der Waals surface area (Å²) in [5.41, 5.74) is 1.56. The van der Waals surface area contributed by atoms with Crippen molar-refractivity contribution in [3.63, 3.8) is 0 Å². The number of halogens is 1. The molecule has 2 nitrogen and oxygen atoms in total. The van der Waals surface area contributed by atoms with E-state index in [0.717, 1.165) is 17.5 Å². The Hall–Kier alpha value is -1.20. The van der Waals surface area contributed by atoms with Crippen LogP contribution in [0.3, 0.4) is 0 Å². The zero-order chi connectivity index (χ0) is 13.8. The maximum Gasteiger partial charge on any atom is 0.101 e. The number of rotatable bonds is 3. The minimum atomic E-state index is 0.531. The van der Waals surface area contributed by atoms with Crippen molar-refractivity contribution in [1.82, 2.24) is 0 Å². The van der Waals surface area contributed by atoms with Gasteiger partial charge < -0.3 is 5.32 Å². The van der Waals surface area contributed by atoms with Gasteiger partial charge in [0.1, 0.15) is 6.07 Å². The predicted octanol–water partition coefficient (Wildman–Crippen LogP) is 4.84. The molecule has 0 spiro atoms. The van der Waals surface area contributed by atoms with Gasteiger partial charge in [-0.3, -0.25) is 0 Å². The minimum Gasteiger partial charge on any atom is -0.382 e. The standard InChI is InChI=1S/C16H21ClN2/c1-11(2)12-4-3-5-14(8-12)19-15-7-6-13(10-18)16(17)9-15/h6-7,9,11-12,14,19H,3-5,8H2,1-2H3. The molecule has 2 atom stereocenters. The second-order valence-electron chi connectivity index (χ2n) is 5.82. The van der Waals surface area contributed by atoms with Gasteiger partial charge in [0.05, 0.1) is 10.6 Å². The van der Waals surface area contributed by atoms with Crippen LogP contribution in [0, 0.1) is 23.2 Å². The SMILES string of the molecule is CC(C)C1CCCC(Nc2ccc(C#N)c(Cl)c2)C1. The summed E-state index contributed by atoms with van der Waals surface area (Å²) in [6.07, 6.45) is 5.10. The van der Waals surface area contributed by atoms with E-state index in [1.54, 1.807) is 6.07 Å². The van der Waals surface area contributed by atoms with Crippen LogP contribution in [-0.4, -0.2) is 6.04 Å². The number of nitriles is 1. The average molecular weight is 277 g/mol. The summed E-state index contributed by atoms with van der Waals surface area (Å²) in [6, 6.07) is 8.21. The molecule has 1 aromatic rings. The molecule has 2 rings (SSSR count). The number of nitrogens with zero attached hydrogens (tertiary/aromatic N) is 1. The van der Waals surface area contributed by atoms with E-state index in [-0.39, 0.29) is 0 Å². The third kappa shape index (κ3) is 3.64. The molecule has 0 radical (unpaired) electrons. The number of benzene rings is 1. The first-order chi connectivity index (χ1) is 9.10. The molecule has 1 N–H and O–H groups in total. The van der Waals surface area contributed by atoms with Crippen LogP contribution in [0.25, 0.3) is 0 Å². The molecule has 1 aliphatic carbocycles. The molecular weight excluding hydrogens is 256 g/mol. The van der Waals surface area contributed by atoms with E-state index < -0.39 is 0 Å². The van der Waals surface area contributed by atoms with E-state index in [1.807, 2.05) is 12.1 Å². The third-order valence-electron chi connectivity index (χ3n) is 4.12. The predicted molar refractivity (Wildman–Crippen MR) is 80.4 cm³/mol. The highest BCUT2D eigenvalue weighted by molar-refractivity contribution is 6.32. The molecular formula is C16H21ClN2. The van der Waals surface area contributed by atoms with Crippen LogP contribution in [0.5, 0.6) is 0 Å². The summed E-state index contributed by atoms with van der Waals surface area (Å²) >= 11 is 6.06. The van der Waals surface area contributed by atoms with Crippen molar-refractivity contribution in [2.24, 2.45) is 11.8 Å². The zero-order valence-electron chi connectivity index (χ0n) is 11.6. The van der Waals surface area contributed by atoms with Crippen LogP contribution in [0.15, 0.2) is 18.2 Å². The van der Waals surface area contributed by atoms with Crippen molar-refractivity contribution in [3.8, 4) is 6.07 Å². The zero-order valence-corrected chi connectivity index (χ0v) is 12.4. The molecule has 0 aliphatic heterocycles. The maximum absolute atomic E-state index is 8.87. The van der Waals surface area contributed by atoms with E-state index in [9.17, 15) is 0 Å². The van der Waals surface area contributed by atoms with Gasteiger partial charge in [-0.2, -0.15) is 5.26 Å². The minimum absolute atomic E-state index is 0.531. The second kappa shape index (κ2) is 6.30. The Labute approximate surface area is 120 Å². The molecule has 3 heteroatoms. The van der Waals surface area contributed by atoms with Crippen LogP contribution >= 0.6 is 11.6 Å². The molecule has 1 aliphatic rings. The van der Waals surface area contributed by atoms with Crippen molar-refractivity contribution >= 4 is 17.3 Å². The van der Waals surface area contributed by atoms with Crippen molar-refractivity contribution < 1.29 is 0 Å². The average Bonchev–Trinajstić information content (AvgIpc) is 2.39. The van der Waals surface area contributed by atoms with Crippen molar-refractivity contribution in [1.29, 1.82) is 5.26 Å². The Bertz CT molecular complexity index is 476. The van der Waals surface area contributed by atoms with Gasteiger partial charge in [-0.15, -0.1) is 0 Å². The van der Waals surface area contributed by atoms with Crippen molar-refractivity contribution in [2.75, 3.05) is 5.32 Å². The summed E-state index contributed by atoms with van der Waals surface area (Å²) in [7, 11) is 0. The lowest BCUT2D eigenvalue weighted by Crippen LogP contribution is -2.29. The fourth-order valence-electron chi connectivity index (χ4n) is 2.90. The summed E-state index contributed by atoms with van der Waals surface area (Å²) in [4.78, 5) is 0. The number of nitrogens with one attached hydrogen (secondary N) is 1. The molecule has 1 fully saturated rings. The number of hydrogen-bond acceptors (Lipinski definition) is 2. The summed E-state index contributed by atoms with van der Waals surface area (Å²) < 4.78 is 0. The summed E-state index contributed by atoms with van der Waals surface area (Å²) in [6.45, 7) is 4.62. The van der Waals surface area contributed by atoms with E-state index in [2.05, 4.69) is 25.2 Å². The van der Waals surface area contributed by atoms with Crippen LogP contribution < -0.4 is 5.32 Å². The van der Waals surface area contributed by atoms with Gasteiger partial charge >= 0.3 is 0 Å². The first-order valence-corrected chi connectivity index (χ1v) is 7.44. The second-order valence-corrected chi connectivity index (χ2v) is 6.23. The normalized spacial score (nSPS) is 23.1. The Balaban J connectivity index is 2.01. The van der Waals surface area contributed by atoms with Gasteiger partial charge in [-0.25, -0.2) is 0 Å². The summed E-state index contributed by atoms with van der Waals surface area (Å²) in [5.74, 6) is 1.58. The van der Waals surface area contributed by atoms with Gasteiger partial charge in [0.25, 0.3) is 0 Å². The lowest BCUT2D eigenvalue weighted by molar-refractivity contribution is 0.264. The molecule has 0 bridgehead atoms. The summed E-state index contributed by atoms with van der Waals surface area (Å²) in [5, 5.41) is 13.0. The molecule has 2 unspecified atom stereocenters. The lowest BCUT2D eigenvalue weighted by Gasteiger charge is -2.32. The van der Waals surface area contributed by atoms with Gasteiger partial charge in [-0.1, -0.05) is 38.3 Å². The van der Waals surface area contributed by atoms with Crippen LogP contribution in [0.4, 0.5) is 5.69 Å². The Kier molecular flexibility index (Phi) is 4.71. The molecule has 0 saturated heterocycles. The lowest BCUT2D eigenvalue weighted by atomic mass is 9.79. The quantitative estimate of drug-likeness (QED) is 0.857. The highest BCUT2D eigenvalue weighted by Gasteiger charge is 2.24. The van der Waals surface area contributed by atoms with Crippen LogP contribution in [0.2, 0.25) is 5.02 Å². The van der Waals surface area contributed by atoms with E-state index >= 15 is 0 Å². The first kappa shape index (κ1) is 14.2. The number of anilines is 1. The maximum atomic E-state index is 8.87. The smallest absolute Gasteiger partial charge is 0.101 e. The van der Waals surface area contributed by atoms with Gasteiger partial charge in [0.15, 0.2) is 0 Å². The Morgan fingerprint density at radius 3 is 2.79 bits per heavy atom. The molecule has 1 aromatic carbocycles. The number of hydrogen-bond donors (Lipinski definition) is 1. The van der Waals surface area contributed by atoms with E-state index in [4.69, 9.17) is 16.9 Å². The highest BCUT2D eigenvalue weighted by atomic mass is 35.5. The Morgan fingerprint density at radius 2 is 2.16 bits per heavy atom. The van der Waals surface area contributed by atoms with E-state index in [1.165, 1.54) is 25.7 Å². The van der Waals surface area contributed by atoms with Crippen LogP contribution in [0.1, 0.15) is 45.1 Å². The molecule has 1 saturated carbocycles. The van der Waals surface area contributed by atoms with Gasteiger partial charge in [0, 0.05) is 11.7 Å². The molecule has 19 heavy (non-hydrogen) atoms. The largest absolute Gasteiger partial charge is 0.382 e. The Morgan fingerprint density at radius 1 is 1.37 bits per heavy atom. The third-order valence-corrected chi connectivity index (χ3v) is 4.43. The molecule has 102 valence electrons. The van der Waals surface area contributed by atoms with Gasteiger partial charge in [0.2, 0.25) is 0 Å².